The molecule has 1 saturated heterocycles. The molecule has 4 nitrogen and oxygen atoms in total. The molecule has 1 aliphatic rings. The minimum absolute atomic E-state index is 0.430. The third-order valence-electron chi connectivity index (χ3n) is 3.27. The first kappa shape index (κ1) is 13.8. The summed E-state index contributed by atoms with van der Waals surface area (Å²) in [5.74, 6) is 0. The highest BCUT2D eigenvalue weighted by molar-refractivity contribution is 7.13. The maximum atomic E-state index is 5.84. The first-order valence-corrected chi connectivity index (χ1v) is 7.69. The number of piperidine rings is 1. The SMILES string of the molecule is CCCOC1CCCN(CCc2csc(N)n2)C1. The molecule has 2 rings (SSSR count). The lowest BCUT2D eigenvalue weighted by molar-refractivity contribution is 0.000278. The van der Waals surface area contributed by atoms with Crippen molar-refractivity contribution < 1.29 is 4.74 Å². The maximum Gasteiger partial charge on any atom is 0.180 e. The van der Waals surface area contributed by atoms with Gasteiger partial charge in [0.25, 0.3) is 0 Å². The van der Waals surface area contributed by atoms with Crippen LogP contribution in [0.15, 0.2) is 5.38 Å². The van der Waals surface area contributed by atoms with E-state index in [0.717, 1.165) is 38.2 Å². The summed E-state index contributed by atoms with van der Waals surface area (Å²) < 4.78 is 5.84. The van der Waals surface area contributed by atoms with Gasteiger partial charge >= 0.3 is 0 Å². The van der Waals surface area contributed by atoms with Crippen LogP contribution >= 0.6 is 11.3 Å². The molecule has 0 aliphatic carbocycles. The van der Waals surface area contributed by atoms with E-state index < -0.39 is 0 Å². The highest BCUT2D eigenvalue weighted by Crippen LogP contribution is 2.15. The summed E-state index contributed by atoms with van der Waals surface area (Å²) >= 11 is 1.53. The number of aromatic nitrogens is 1. The molecule has 1 atom stereocenters. The Hall–Kier alpha value is -0.650. The molecule has 1 fully saturated rings. The van der Waals surface area contributed by atoms with Gasteiger partial charge in [-0.05, 0) is 25.8 Å². The van der Waals surface area contributed by atoms with E-state index in [1.807, 2.05) is 0 Å². The second-order valence-corrected chi connectivity index (χ2v) is 5.75. The zero-order valence-electron chi connectivity index (χ0n) is 11.1. The van der Waals surface area contributed by atoms with Gasteiger partial charge in [0.1, 0.15) is 0 Å². The van der Waals surface area contributed by atoms with Crippen molar-refractivity contribution in [3.63, 3.8) is 0 Å². The Bertz CT molecular complexity index is 356. The van der Waals surface area contributed by atoms with Gasteiger partial charge in [0, 0.05) is 31.5 Å². The number of rotatable bonds is 6. The molecule has 1 unspecified atom stereocenters. The monoisotopic (exact) mass is 269 g/mol. The van der Waals surface area contributed by atoms with E-state index in [2.05, 4.69) is 22.2 Å². The van der Waals surface area contributed by atoms with Crippen molar-refractivity contribution in [3.05, 3.63) is 11.1 Å². The van der Waals surface area contributed by atoms with Crippen molar-refractivity contribution in [2.45, 2.75) is 38.7 Å². The van der Waals surface area contributed by atoms with Crippen LogP contribution in [0, 0.1) is 0 Å². The van der Waals surface area contributed by atoms with Crippen LogP contribution in [0.1, 0.15) is 31.9 Å². The van der Waals surface area contributed by atoms with Crippen LogP contribution in [0.2, 0.25) is 0 Å². The van der Waals surface area contributed by atoms with Crippen molar-refractivity contribution >= 4 is 16.5 Å². The number of hydrogen-bond acceptors (Lipinski definition) is 5. The van der Waals surface area contributed by atoms with E-state index in [9.17, 15) is 0 Å². The average molecular weight is 269 g/mol. The topological polar surface area (TPSA) is 51.4 Å². The van der Waals surface area contributed by atoms with Gasteiger partial charge in [0.2, 0.25) is 0 Å². The lowest BCUT2D eigenvalue weighted by Crippen LogP contribution is -2.40. The maximum absolute atomic E-state index is 5.84. The summed E-state index contributed by atoms with van der Waals surface area (Å²) in [6, 6.07) is 0. The number of nitrogen functional groups attached to an aromatic ring is 1. The first-order valence-electron chi connectivity index (χ1n) is 6.81. The van der Waals surface area contributed by atoms with Crippen LogP contribution < -0.4 is 5.73 Å². The largest absolute Gasteiger partial charge is 0.377 e. The van der Waals surface area contributed by atoms with E-state index in [4.69, 9.17) is 10.5 Å². The number of likely N-dealkylation sites (tertiary alicyclic amines) is 1. The molecular formula is C13H23N3OS. The van der Waals surface area contributed by atoms with Crippen LogP contribution in [-0.4, -0.2) is 42.2 Å². The molecule has 0 aromatic carbocycles. The van der Waals surface area contributed by atoms with Crippen LogP contribution in [0.3, 0.4) is 0 Å². The van der Waals surface area contributed by atoms with Gasteiger partial charge in [-0.2, -0.15) is 0 Å². The molecule has 102 valence electrons. The Balaban J connectivity index is 1.72. The van der Waals surface area contributed by atoms with E-state index in [-0.39, 0.29) is 0 Å². The lowest BCUT2D eigenvalue weighted by Gasteiger charge is -2.32. The zero-order chi connectivity index (χ0) is 12.8. The minimum atomic E-state index is 0.430. The Labute approximate surface area is 113 Å². The van der Waals surface area contributed by atoms with Gasteiger partial charge < -0.3 is 15.4 Å². The fourth-order valence-electron chi connectivity index (χ4n) is 2.35. The Morgan fingerprint density at radius 3 is 3.22 bits per heavy atom. The van der Waals surface area contributed by atoms with E-state index in [1.54, 1.807) is 0 Å². The Kier molecular flexibility index (Phi) is 5.41. The first-order chi connectivity index (χ1) is 8.78. The summed E-state index contributed by atoms with van der Waals surface area (Å²) in [6.45, 7) is 6.37. The second kappa shape index (κ2) is 7.07. The highest BCUT2D eigenvalue weighted by Gasteiger charge is 2.19. The molecule has 18 heavy (non-hydrogen) atoms. The van der Waals surface area contributed by atoms with Gasteiger partial charge in [0.05, 0.1) is 11.8 Å². The van der Waals surface area contributed by atoms with Gasteiger partial charge in [0.15, 0.2) is 5.13 Å². The second-order valence-electron chi connectivity index (χ2n) is 4.86. The molecule has 5 heteroatoms. The molecule has 0 saturated carbocycles. The Morgan fingerprint density at radius 2 is 2.50 bits per heavy atom. The quantitative estimate of drug-likeness (QED) is 0.860. The lowest BCUT2D eigenvalue weighted by atomic mass is 10.1. The summed E-state index contributed by atoms with van der Waals surface area (Å²) in [7, 11) is 0. The summed E-state index contributed by atoms with van der Waals surface area (Å²) in [6.07, 6.45) is 4.98. The number of nitrogens with two attached hydrogens (primary N) is 1. The number of thiazole rings is 1. The van der Waals surface area contributed by atoms with Crippen LogP contribution in [0.4, 0.5) is 5.13 Å². The molecule has 2 N–H and O–H groups in total. The molecule has 0 spiro atoms. The van der Waals surface area contributed by atoms with Crippen LogP contribution in [0.5, 0.6) is 0 Å². The van der Waals surface area contributed by atoms with Crippen molar-refractivity contribution in [2.75, 3.05) is 32.0 Å². The molecule has 0 radical (unpaired) electrons. The van der Waals surface area contributed by atoms with Crippen molar-refractivity contribution in [2.24, 2.45) is 0 Å². The smallest absolute Gasteiger partial charge is 0.180 e. The molecular weight excluding hydrogens is 246 g/mol. The fourth-order valence-corrected chi connectivity index (χ4v) is 2.94. The third kappa shape index (κ3) is 4.23. The van der Waals surface area contributed by atoms with Gasteiger partial charge in [-0.15, -0.1) is 11.3 Å². The van der Waals surface area contributed by atoms with Crippen molar-refractivity contribution in [1.82, 2.24) is 9.88 Å². The van der Waals surface area contributed by atoms with Crippen LogP contribution in [0.25, 0.3) is 0 Å². The normalized spacial score (nSPS) is 21.3. The van der Waals surface area contributed by atoms with Gasteiger partial charge in [-0.1, -0.05) is 6.92 Å². The minimum Gasteiger partial charge on any atom is -0.377 e. The van der Waals surface area contributed by atoms with E-state index in [0.29, 0.717) is 11.2 Å². The van der Waals surface area contributed by atoms with Crippen molar-refractivity contribution in [3.8, 4) is 0 Å². The molecule has 1 aliphatic heterocycles. The molecule has 0 bridgehead atoms. The molecule has 1 aromatic rings. The predicted molar refractivity (Wildman–Crippen MR) is 75.9 cm³/mol. The molecule has 0 amide bonds. The summed E-state index contributed by atoms with van der Waals surface area (Å²) in [4.78, 5) is 6.79. The molecule has 2 heterocycles. The highest BCUT2D eigenvalue weighted by atomic mass is 32.1. The third-order valence-corrected chi connectivity index (χ3v) is 4.00. The number of anilines is 1. The average Bonchev–Trinajstić information content (AvgIpc) is 2.80. The number of hydrogen-bond donors (Lipinski definition) is 1. The fraction of sp³-hybridized carbons (Fsp3) is 0.769. The van der Waals surface area contributed by atoms with Gasteiger partial charge in [-0.3, -0.25) is 0 Å². The van der Waals surface area contributed by atoms with E-state index in [1.165, 1.54) is 30.7 Å². The zero-order valence-corrected chi connectivity index (χ0v) is 11.9. The Morgan fingerprint density at radius 1 is 1.61 bits per heavy atom. The van der Waals surface area contributed by atoms with Crippen molar-refractivity contribution in [1.29, 1.82) is 0 Å². The number of nitrogens with zero attached hydrogens (tertiary/aromatic N) is 2. The molecule has 1 aromatic heterocycles. The summed E-state index contributed by atoms with van der Waals surface area (Å²) in [5.41, 5.74) is 6.76. The predicted octanol–water partition coefficient (Wildman–Crippen LogP) is 2.16. The van der Waals surface area contributed by atoms with Crippen LogP contribution in [-0.2, 0) is 11.2 Å². The van der Waals surface area contributed by atoms with Gasteiger partial charge in [-0.25, -0.2) is 4.98 Å². The number of ether oxygens (including phenoxy) is 1. The summed E-state index contributed by atoms with van der Waals surface area (Å²) in [5, 5.41) is 2.73. The van der Waals surface area contributed by atoms with E-state index >= 15 is 0 Å². The standard InChI is InChI=1S/C13H23N3OS/c1-2-8-17-12-4-3-6-16(9-12)7-5-11-10-18-13(14)15-11/h10,12H,2-9H2,1H3,(H2,14,15).